The fraction of sp³-hybridized carbons (Fsp3) is 0.200. The third-order valence-corrected chi connectivity index (χ3v) is 8.15. The Balaban J connectivity index is 0.947. The lowest BCUT2D eigenvalue weighted by Crippen LogP contribution is -2.36. The summed E-state index contributed by atoms with van der Waals surface area (Å²) in [6, 6.07) is 26.3. The summed E-state index contributed by atoms with van der Waals surface area (Å²) in [5.41, 5.74) is 1.95. The van der Waals surface area contributed by atoms with Crippen LogP contribution in [0.15, 0.2) is 109 Å². The number of ether oxygens (including phenoxy) is 8. The second kappa shape index (κ2) is 16.6. The Morgan fingerprint density at radius 1 is 0.519 bits per heavy atom. The van der Waals surface area contributed by atoms with Crippen molar-refractivity contribution in [2.75, 3.05) is 27.4 Å². The van der Waals surface area contributed by atoms with Crippen LogP contribution >= 0.6 is 0 Å². The molecule has 0 spiro atoms. The molecule has 0 saturated carbocycles. The van der Waals surface area contributed by atoms with Crippen LogP contribution < -0.4 is 18.9 Å². The lowest BCUT2D eigenvalue weighted by Gasteiger charge is -2.17. The molecule has 2 heterocycles. The molecule has 2 saturated heterocycles. The van der Waals surface area contributed by atoms with Gasteiger partial charge in [-0.05, 0) is 96.1 Å². The molecule has 0 unspecified atom stereocenters. The van der Waals surface area contributed by atoms with E-state index in [9.17, 15) is 19.2 Å². The van der Waals surface area contributed by atoms with Crippen molar-refractivity contribution in [2.24, 2.45) is 0 Å². The van der Waals surface area contributed by atoms with Crippen LogP contribution in [-0.2, 0) is 28.5 Å². The van der Waals surface area contributed by atoms with Gasteiger partial charge in [0.25, 0.3) is 0 Å². The average Bonchev–Trinajstić information content (AvgIpc) is 3.76. The smallest absolute Gasteiger partial charge is 0.338 e. The molecule has 0 N–H and O–H groups in total. The van der Waals surface area contributed by atoms with E-state index in [-0.39, 0.29) is 13.2 Å². The van der Waals surface area contributed by atoms with Crippen molar-refractivity contribution < 1.29 is 57.1 Å². The fourth-order valence-corrected chi connectivity index (χ4v) is 5.42. The summed E-state index contributed by atoms with van der Waals surface area (Å²) >= 11 is 0. The molecule has 4 atom stereocenters. The first-order chi connectivity index (χ1) is 25.3. The van der Waals surface area contributed by atoms with Gasteiger partial charge in [0.15, 0.2) is 12.2 Å². The third kappa shape index (κ3) is 9.10. The van der Waals surface area contributed by atoms with Gasteiger partial charge in [0, 0.05) is 12.2 Å². The quantitative estimate of drug-likeness (QED) is 0.104. The Morgan fingerprint density at radius 3 is 1.21 bits per heavy atom. The number of carbonyl (C=O) groups is 4. The molecule has 4 aromatic carbocycles. The molecule has 2 aliphatic heterocycles. The summed E-state index contributed by atoms with van der Waals surface area (Å²) in [5, 5.41) is 0. The average molecular weight is 707 g/mol. The number of hydrogen-bond acceptors (Lipinski definition) is 12. The van der Waals surface area contributed by atoms with Crippen molar-refractivity contribution in [3.8, 4) is 23.0 Å². The van der Waals surface area contributed by atoms with Crippen LogP contribution in [0.3, 0.4) is 0 Å². The molecule has 12 nitrogen and oxygen atoms in total. The number of rotatable bonds is 12. The summed E-state index contributed by atoms with van der Waals surface area (Å²) < 4.78 is 43.8. The van der Waals surface area contributed by atoms with Gasteiger partial charge in [-0.1, -0.05) is 24.3 Å². The van der Waals surface area contributed by atoms with Gasteiger partial charge in [-0.3, -0.25) is 0 Å². The van der Waals surface area contributed by atoms with E-state index in [4.69, 9.17) is 37.9 Å². The number of esters is 4. The van der Waals surface area contributed by atoms with E-state index in [1.807, 2.05) is 0 Å². The standard InChI is InChI=1S/C40H34O12/c1-45-29-13-17-31(18-14-29)49-35(41)21-7-25-3-9-27(10-4-25)39(43)51-33-23-47-38-34(24-48-37(33)38)52-40(44)28-11-5-26(6-12-28)8-22-36(42)50-32-19-15-30(46-2)16-20-32/h3-22,33-34,37-38H,23-24H2,1-2H3/b21-7+,22-8+/t33-,34+,37-,38-/m1/s1. The van der Waals surface area contributed by atoms with Crippen molar-refractivity contribution >= 4 is 36.0 Å². The molecule has 4 aromatic rings. The maximum absolute atomic E-state index is 12.9. The number of fused-ring (bicyclic) bond motifs is 1. The first kappa shape index (κ1) is 35.6. The van der Waals surface area contributed by atoms with E-state index < -0.39 is 48.3 Å². The van der Waals surface area contributed by atoms with Gasteiger partial charge in [-0.25, -0.2) is 19.2 Å². The van der Waals surface area contributed by atoms with Gasteiger partial charge >= 0.3 is 23.9 Å². The van der Waals surface area contributed by atoms with E-state index in [1.165, 1.54) is 12.2 Å². The van der Waals surface area contributed by atoms with Crippen molar-refractivity contribution in [3.05, 3.63) is 131 Å². The number of hydrogen-bond donors (Lipinski definition) is 0. The van der Waals surface area contributed by atoms with Gasteiger partial charge in [0.2, 0.25) is 0 Å². The molecule has 0 bridgehead atoms. The molecule has 0 aliphatic carbocycles. The van der Waals surface area contributed by atoms with Crippen LogP contribution in [0.2, 0.25) is 0 Å². The highest BCUT2D eigenvalue weighted by atomic mass is 16.7. The Labute approximate surface area is 299 Å². The Bertz CT molecular complexity index is 1790. The number of benzene rings is 4. The molecular weight excluding hydrogens is 672 g/mol. The third-order valence-electron chi connectivity index (χ3n) is 8.15. The van der Waals surface area contributed by atoms with Gasteiger partial charge in [-0.15, -0.1) is 0 Å². The van der Waals surface area contributed by atoms with Crippen molar-refractivity contribution in [1.29, 1.82) is 0 Å². The topological polar surface area (TPSA) is 142 Å². The predicted molar refractivity (Wildman–Crippen MR) is 186 cm³/mol. The van der Waals surface area contributed by atoms with Crippen LogP contribution in [0.4, 0.5) is 0 Å². The Kier molecular flexibility index (Phi) is 11.4. The van der Waals surface area contributed by atoms with E-state index in [1.54, 1.807) is 123 Å². The van der Waals surface area contributed by atoms with Crippen LogP contribution in [0.5, 0.6) is 23.0 Å². The Morgan fingerprint density at radius 2 is 0.865 bits per heavy atom. The minimum absolute atomic E-state index is 0.0776. The van der Waals surface area contributed by atoms with Crippen LogP contribution in [0.25, 0.3) is 12.2 Å². The highest BCUT2D eigenvalue weighted by Crippen LogP contribution is 2.31. The Hall–Kier alpha value is -6.24. The SMILES string of the molecule is COc1ccc(OC(=O)/C=C/c2ccc(C(=O)O[C@H]3CO[C@H]4[C@@H]3OC[C@H]4OC(=O)c3ccc(/C=C/C(=O)Oc4ccc(OC)cc4)cc3)cc2)cc1. The molecule has 0 amide bonds. The monoisotopic (exact) mass is 706 g/mol. The van der Waals surface area contributed by atoms with E-state index in [2.05, 4.69) is 0 Å². The minimum atomic E-state index is -0.698. The summed E-state index contributed by atoms with van der Waals surface area (Å²) in [5.74, 6) is -0.204. The maximum atomic E-state index is 12.9. The second-order valence-electron chi connectivity index (χ2n) is 11.6. The predicted octanol–water partition coefficient (Wildman–Crippen LogP) is 5.49. The zero-order valence-electron chi connectivity index (χ0n) is 28.2. The lowest BCUT2D eigenvalue weighted by atomic mass is 10.1. The summed E-state index contributed by atoms with van der Waals surface area (Å²) in [4.78, 5) is 50.2. The van der Waals surface area contributed by atoms with Gasteiger partial charge in [0.05, 0.1) is 38.6 Å². The van der Waals surface area contributed by atoms with Gasteiger partial charge in [-0.2, -0.15) is 0 Å². The van der Waals surface area contributed by atoms with Crippen LogP contribution in [-0.4, -0.2) is 75.7 Å². The molecule has 2 fully saturated rings. The zero-order valence-corrected chi connectivity index (χ0v) is 28.2. The fourth-order valence-electron chi connectivity index (χ4n) is 5.42. The highest BCUT2D eigenvalue weighted by Gasteiger charge is 2.51. The lowest BCUT2D eigenvalue weighted by molar-refractivity contribution is -0.129. The molecule has 12 heteroatoms. The van der Waals surface area contributed by atoms with E-state index >= 15 is 0 Å². The highest BCUT2D eigenvalue weighted by molar-refractivity contribution is 5.92. The van der Waals surface area contributed by atoms with Gasteiger partial charge < -0.3 is 37.9 Å². The van der Waals surface area contributed by atoms with E-state index in [0.29, 0.717) is 45.3 Å². The molecule has 6 rings (SSSR count). The molecule has 0 radical (unpaired) electrons. The molecule has 2 aliphatic rings. The zero-order chi connectivity index (χ0) is 36.5. The van der Waals surface area contributed by atoms with Crippen molar-refractivity contribution in [3.63, 3.8) is 0 Å². The van der Waals surface area contributed by atoms with Crippen LogP contribution in [0.1, 0.15) is 31.8 Å². The van der Waals surface area contributed by atoms with Crippen molar-refractivity contribution in [2.45, 2.75) is 24.4 Å². The maximum Gasteiger partial charge on any atom is 0.338 e. The minimum Gasteiger partial charge on any atom is -0.497 e. The summed E-state index contributed by atoms with van der Waals surface area (Å²) in [7, 11) is 3.10. The van der Waals surface area contributed by atoms with Crippen molar-refractivity contribution in [1.82, 2.24) is 0 Å². The normalized spacial score (nSPS) is 19.2. The van der Waals surface area contributed by atoms with Crippen LogP contribution in [0, 0.1) is 0 Å². The van der Waals surface area contributed by atoms with Gasteiger partial charge in [0.1, 0.15) is 35.2 Å². The second-order valence-corrected chi connectivity index (χ2v) is 11.6. The first-order valence-corrected chi connectivity index (χ1v) is 16.2. The molecule has 0 aromatic heterocycles. The first-order valence-electron chi connectivity index (χ1n) is 16.2. The summed E-state index contributed by atoms with van der Waals surface area (Å²) in [6.07, 6.45) is 3.10. The number of methoxy groups -OCH3 is 2. The van der Waals surface area contributed by atoms with E-state index in [0.717, 1.165) is 0 Å². The summed E-state index contributed by atoms with van der Waals surface area (Å²) in [6.45, 7) is 0.155. The number of carbonyl (C=O) groups excluding carboxylic acids is 4. The molecular formula is C40H34O12. The largest absolute Gasteiger partial charge is 0.497 e. The molecule has 52 heavy (non-hydrogen) atoms. The molecule has 266 valence electrons.